The fraction of sp³-hybridized carbons (Fsp3) is 0.0455. The van der Waals surface area contributed by atoms with Crippen LogP contribution in [0, 0.1) is 0 Å². The van der Waals surface area contributed by atoms with E-state index in [4.69, 9.17) is 16.0 Å². The van der Waals surface area contributed by atoms with E-state index in [1.807, 2.05) is 42.5 Å². The second kappa shape index (κ2) is 7.17. The Morgan fingerprint density at radius 3 is 2.56 bits per heavy atom. The lowest BCUT2D eigenvalue weighted by atomic mass is 10.0. The SMILES string of the molecule is O=c1cc(CNc2cccc(Cl)c2)c2cc(O)c(-c3ccccc3)cc2o1. The first-order valence-electron chi connectivity index (χ1n) is 8.45. The van der Waals surface area contributed by atoms with Crippen LogP contribution >= 0.6 is 11.6 Å². The van der Waals surface area contributed by atoms with Gasteiger partial charge in [0.05, 0.1) is 0 Å². The standard InChI is InChI=1S/C22H16ClNO3/c23-16-7-4-8-17(10-16)24-13-15-9-22(26)27-21-12-18(20(25)11-19(15)21)14-5-2-1-3-6-14/h1-12,24-25H,13H2. The fourth-order valence-corrected chi connectivity index (χ4v) is 3.24. The molecule has 27 heavy (non-hydrogen) atoms. The van der Waals surface area contributed by atoms with Crippen molar-refractivity contribution >= 4 is 28.3 Å². The summed E-state index contributed by atoms with van der Waals surface area (Å²) in [5.74, 6) is 0.131. The average molecular weight is 378 g/mol. The Bertz CT molecular complexity index is 1170. The number of fused-ring (bicyclic) bond motifs is 1. The van der Waals surface area contributed by atoms with Crippen molar-refractivity contribution in [1.82, 2.24) is 0 Å². The number of anilines is 1. The molecule has 0 saturated heterocycles. The summed E-state index contributed by atoms with van der Waals surface area (Å²) >= 11 is 6.01. The molecule has 0 saturated carbocycles. The number of aromatic hydroxyl groups is 1. The molecule has 4 rings (SSSR count). The maximum Gasteiger partial charge on any atom is 0.336 e. The molecule has 0 fully saturated rings. The maximum absolute atomic E-state index is 12.0. The minimum Gasteiger partial charge on any atom is -0.507 e. The summed E-state index contributed by atoms with van der Waals surface area (Å²) in [6.07, 6.45) is 0. The van der Waals surface area contributed by atoms with E-state index in [0.29, 0.717) is 28.1 Å². The summed E-state index contributed by atoms with van der Waals surface area (Å²) in [5.41, 5.74) is 3.04. The molecular weight excluding hydrogens is 362 g/mol. The number of benzene rings is 3. The first kappa shape index (κ1) is 17.2. The quantitative estimate of drug-likeness (QED) is 0.465. The molecule has 0 aliphatic heterocycles. The summed E-state index contributed by atoms with van der Waals surface area (Å²) in [7, 11) is 0. The fourth-order valence-electron chi connectivity index (χ4n) is 3.05. The molecule has 2 N–H and O–H groups in total. The molecule has 0 spiro atoms. The van der Waals surface area contributed by atoms with E-state index in [1.165, 1.54) is 6.07 Å². The van der Waals surface area contributed by atoms with E-state index < -0.39 is 5.63 Å². The van der Waals surface area contributed by atoms with Crippen LogP contribution in [-0.4, -0.2) is 5.11 Å². The Labute approximate surface area is 160 Å². The van der Waals surface area contributed by atoms with E-state index in [9.17, 15) is 9.90 Å². The second-order valence-corrected chi connectivity index (χ2v) is 6.62. The predicted molar refractivity (Wildman–Crippen MR) is 108 cm³/mol. The molecule has 4 aromatic rings. The molecule has 0 atom stereocenters. The van der Waals surface area contributed by atoms with Crippen molar-refractivity contribution in [3.8, 4) is 16.9 Å². The van der Waals surface area contributed by atoms with Crippen molar-refractivity contribution in [2.45, 2.75) is 6.54 Å². The molecule has 0 aliphatic carbocycles. The molecule has 3 aromatic carbocycles. The Morgan fingerprint density at radius 1 is 0.963 bits per heavy atom. The lowest BCUT2D eigenvalue weighted by Gasteiger charge is -2.11. The topological polar surface area (TPSA) is 62.5 Å². The van der Waals surface area contributed by atoms with Crippen LogP contribution in [-0.2, 0) is 6.54 Å². The zero-order valence-electron chi connectivity index (χ0n) is 14.3. The van der Waals surface area contributed by atoms with Gasteiger partial charge >= 0.3 is 5.63 Å². The second-order valence-electron chi connectivity index (χ2n) is 6.19. The molecule has 0 unspecified atom stereocenters. The Kier molecular flexibility index (Phi) is 4.57. The minimum absolute atomic E-state index is 0.131. The van der Waals surface area contributed by atoms with Gasteiger partial charge in [-0.15, -0.1) is 0 Å². The van der Waals surface area contributed by atoms with Crippen molar-refractivity contribution in [2.75, 3.05) is 5.32 Å². The van der Waals surface area contributed by atoms with Gasteiger partial charge in [0, 0.05) is 34.3 Å². The summed E-state index contributed by atoms with van der Waals surface area (Å²) in [6, 6.07) is 21.6. The van der Waals surface area contributed by atoms with Crippen LogP contribution in [0.25, 0.3) is 22.1 Å². The van der Waals surface area contributed by atoms with Crippen LogP contribution in [0.2, 0.25) is 5.02 Å². The lowest BCUT2D eigenvalue weighted by molar-refractivity contribution is 0.477. The van der Waals surface area contributed by atoms with E-state index in [-0.39, 0.29) is 5.75 Å². The van der Waals surface area contributed by atoms with Crippen molar-refractivity contribution < 1.29 is 9.52 Å². The first-order chi connectivity index (χ1) is 13.1. The molecule has 134 valence electrons. The van der Waals surface area contributed by atoms with Gasteiger partial charge in [-0.1, -0.05) is 48.0 Å². The Balaban J connectivity index is 1.75. The van der Waals surface area contributed by atoms with Gasteiger partial charge in [-0.3, -0.25) is 0 Å². The van der Waals surface area contributed by atoms with Crippen molar-refractivity contribution in [1.29, 1.82) is 0 Å². The van der Waals surface area contributed by atoms with Gasteiger partial charge in [0.2, 0.25) is 0 Å². The van der Waals surface area contributed by atoms with Crippen LogP contribution in [0.4, 0.5) is 5.69 Å². The largest absolute Gasteiger partial charge is 0.507 e. The molecule has 1 aromatic heterocycles. The third kappa shape index (κ3) is 3.66. The highest BCUT2D eigenvalue weighted by Crippen LogP contribution is 2.34. The van der Waals surface area contributed by atoms with Crippen molar-refractivity contribution in [3.05, 3.63) is 93.8 Å². The number of phenols is 1. The lowest BCUT2D eigenvalue weighted by Crippen LogP contribution is -2.06. The summed E-state index contributed by atoms with van der Waals surface area (Å²) in [6.45, 7) is 0.395. The number of rotatable bonds is 4. The van der Waals surface area contributed by atoms with Gasteiger partial charge < -0.3 is 14.8 Å². The number of phenolic OH excluding ortho intramolecular Hbond substituents is 1. The van der Waals surface area contributed by atoms with E-state index in [2.05, 4.69) is 5.32 Å². The van der Waals surface area contributed by atoms with Gasteiger partial charge in [-0.05, 0) is 41.5 Å². The van der Waals surface area contributed by atoms with E-state index in [1.54, 1.807) is 24.3 Å². The number of halogens is 1. The van der Waals surface area contributed by atoms with Crippen LogP contribution in [0.15, 0.2) is 82.0 Å². The predicted octanol–water partition coefficient (Wildman–Crippen LogP) is 5.43. The average Bonchev–Trinajstić information content (AvgIpc) is 2.67. The van der Waals surface area contributed by atoms with Crippen LogP contribution in [0.3, 0.4) is 0 Å². The Morgan fingerprint density at radius 2 is 1.78 bits per heavy atom. The van der Waals surface area contributed by atoms with Gasteiger partial charge in [0.1, 0.15) is 11.3 Å². The summed E-state index contributed by atoms with van der Waals surface area (Å²) < 4.78 is 5.38. The van der Waals surface area contributed by atoms with Crippen LogP contribution < -0.4 is 10.9 Å². The summed E-state index contributed by atoms with van der Waals surface area (Å²) in [4.78, 5) is 12.0. The maximum atomic E-state index is 12.0. The molecule has 1 heterocycles. The van der Waals surface area contributed by atoms with E-state index in [0.717, 1.165) is 16.8 Å². The zero-order chi connectivity index (χ0) is 18.8. The highest BCUT2D eigenvalue weighted by Gasteiger charge is 2.12. The highest BCUT2D eigenvalue weighted by molar-refractivity contribution is 6.30. The van der Waals surface area contributed by atoms with E-state index >= 15 is 0 Å². The zero-order valence-corrected chi connectivity index (χ0v) is 15.0. The smallest absolute Gasteiger partial charge is 0.336 e. The van der Waals surface area contributed by atoms with Gasteiger partial charge in [-0.25, -0.2) is 4.79 Å². The normalized spacial score (nSPS) is 10.9. The van der Waals surface area contributed by atoms with Crippen molar-refractivity contribution in [2.24, 2.45) is 0 Å². The molecule has 0 aliphatic rings. The molecule has 0 radical (unpaired) electrons. The molecule has 4 nitrogen and oxygen atoms in total. The molecule has 5 heteroatoms. The third-order valence-electron chi connectivity index (χ3n) is 4.34. The monoisotopic (exact) mass is 377 g/mol. The molecule has 0 amide bonds. The number of hydrogen-bond acceptors (Lipinski definition) is 4. The van der Waals surface area contributed by atoms with Crippen LogP contribution in [0.1, 0.15) is 5.56 Å². The minimum atomic E-state index is -0.435. The van der Waals surface area contributed by atoms with Crippen molar-refractivity contribution in [3.63, 3.8) is 0 Å². The first-order valence-corrected chi connectivity index (χ1v) is 8.82. The van der Waals surface area contributed by atoms with Crippen LogP contribution in [0.5, 0.6) is 5.75 Å². The number of nitrogens with one attached hydrogen (secondary N) is 1. The highest BCUT2D eigenvalue weighted by atomic mass is 35.5. The van der Waals surface area contributed by atoms with Gasteiger partial charge in [0.15, 0.2) is 0 Å². The number of hydrogen-bond donors (Lipinski definition) is 2. The molecule has 0 bridgehead atoms. The van der Waals surface area contributed by atoms with Gasteiger partial charge in [0.25, 0.3) is 0 Å². The Hall–Kier alpha value is -3.24. The summed E-state index contributed by atoms with van der Waals surface area (Å²) in [5, 5.41) is 15.1. The van der Waals surface area contributed by atoms with Gasteiger partial charge in [-0.2, -0.15) is 0 Å². The molecular formula is C22H16ClNO3. The third-order valence-corrected chi connectivity index (χ3v) is 4.57.